The molecule has 12 heteroatoms. The Kier molecular flexibility index (Phi) is 10.2. The summed E-state index contributed by atoms with van der Waals surface area (Å²) in [6.07, 6.45) is 2.70. The predicted molar refractivity (Wildman–Crippen MR) is 162 cm³/mol. The number of nitrogens with two attached hydrogens (primary N) is 1. The number of carbonyl (C=O) groups excluding carboxylic acids is 1. The van der Waals surface area contributed by atoms with Crippen molar-refractivity contribution < 1.29 is 15.0 Å². The third kappa shape index (κ3) is 6.90. The number of aromatic hydroxyl groups is 2. The standard InChI is InChI=1S/C29H30N6O4.2ClH/c1-17-20(8-11-26(30)34-17)14-33-28(38)25-10-9-21-15-31-27(29(39)35(21)25)32-16-24(18-4-2-6-22(36)12-18)19-5-3-7-23(37)13-19;;/h2-8,11-13,15,24-25,36-37H,9-10,14,16H2,1H3,(H2,30,34)(H,31,32)(H,33,38);2*1H/t25-;;/m0../s1. The van der Waals surface area contributed by atoms with Gasteiger partial charge in [-0.15, -0.1) is 24.8 Å². The molecule has 0 radical (unpaired) electrons. The molecule has 10 nitrogen and oxygen atoms in total. The molecule has 5 rings (SSSR count). The Hall–Kier alpha value is -4.28. The van der Waals surface area contributed by atoms with Crippen LogP contribution in [0.3, 0.4) is 0 Å². The predicted octanol–water partition coefficient (Wildman–Crippen LogP) is 3.83. The Morgan fingerprint density at radius 3 is 2.34 bits per heavy atom. The van der Waals surface area contributed by atoms with Gasteiger partial charge in [-0.25, -0.2) is 9.97 Å². The van der Waals surface area contributed by atoms with Crippen LogP contribution in [0.1, 0.15) is 46.5 Å². The van der Waals surface area contributed by atoms with Crippen molar-refractivity contribution in [2.24, 2.45) is 0 Å². The van der Waals surface area contributed by atoms with Gasteiger partial charge in [0.15, 0.2) is 5.82 Å². The van der Waals surface area contributed by atoms with E-state index in [0.717, 1.165) is 22.4 Å². The van der Waals surface area contributed by atoms with E-state index in [1.54, 1.807) is 48.7 Å². The van der Waals surface area contributed by atoms with Gasteiger partial charge in [0, 0.05) is 36.6 Å². The van der Waals surface area contributed by atoms with Crippen LogP contribution in [0.25, 0.3) is 0 Å². The smallest absolute Gasteiger partial charge is 0.294 e. The highest BCUT2D eigenvalue weighted by atomic mass is 35.5. The van der Waals surface area contributed by atoms with E-state index >= 15 is 0 Å². The number of carbonyl (C=O) groups is 1. The van der Waals surface area contributed by atoms with Crippen LogP contribution in [0.4, 0.5) is 11.6 Å². The van der Waals surface area contributed by atoms with E-state index in [1.807, 2.05) is 25.1 Å². The molecule has 2 aromatic heterocycles. The maximum absolute atomic E-state index is 13.5. The summed E-state index contributed by atoms with van der Waals surface area (Å²) >= 11 is 0. The molecule has 3 heterocycles. The topological polar surface area (TPSA) is 155 Å². The molecule has 1 amide bonds. The number of benzene rings is 2. The third-order valence-corrected chi connectivity index (χ3v) is 7.05. The van der Waals surface area contributed by atoms with Gasteiger partial charge in [0.05, 0.1) is 0 Å². The van der Waals surface area contributed by atoms with Crippen molar-refractivity contribution in [2.45, 2.75) is 38.3 Å². The number of hydrogen-bond acceptors (Lipinski definition) is 8. The SMILES string of the molecule is Cc1nc(N)ccc1CNC(=O)[C@@H]1CCc2cnc(NCC(c3cccc(O)c3)c3cccc(O)c3)c(=O)n21.Cl.Cl. The molecule has 0 unspecified atom stereocenters. The number of aromatic nitrogens is 3. The van der Waals surface area contributed by atoms with Gasteiger partial charge >= 0.3 is 0 Å². The summed E-state index contributed by atoms with van der Waals surface area (Å²) in [5.41, 5.74) is 9.25. The Bertz CT molecular complexity index is 1550. The molecule has 4 aromatic rings. The maximum Gasteiger partial charge on any atom is 0.294 e. The second-order valence-corrected chi connectivity index (χ2v) is 9.65. The van der Waals surface area contributed by atoms with Crippen molar-refractivity contribution >= 4 is 42.4 Å². The average Bonchev–Trinajstić information content (AvgIpc) is 3.35. The van der Waals surface area contributed by atoms with E-state index in [1.165, 1.54) is 4.57 Å². The number of nitrogen functional groups attached to an aromatic ring is 1. The molecule has 0 saturated carbocycles. The lowest BCUT2D eigenvalue weighted by Gasteiger charge is -2.20. The fourth-order valence-electron chi connectivity index (χ4n) is 5.02. The Labute approximate surface area is 249 Å². The number of anilines is 2. The molecular weight excluding hydrogens is 567 g/mol. The van der Waals surface area contributed by atoms with Crippen molar-refractivity contribution in [3.8, 4) is 11.5 Å². The molecule has 6 N–H and O–H groups in total. The normalized spacial score (nSPS) is 13.6. The van der Waals surface area contributed by atoms with Crippen molar-refractivity contribution in [1.82, 2.24) is 19.9 Å². The number of rotatable bonds is 8. The lowest BCUT2D eigenvalue weighted by Crippen LogP contribution is -2.36. The molecule has 0 spiro atoms. The minimum Gasteiger partial charge on any atom is -0.508 e. The lowest BCUT2D eigenvalue weighted by molar-refractivity contribution is -0.124. The highest BCUT2D eigenvalue weighted by Gasteiger charge is 2.31. The van der Waals surface area contributed by atoms with Gasteiger partial charge < -0.3 is 26.6 Å². The number of phenols is 2. The number of halogens is 2. The maximum atomic E-state index is 13.5. The van der Waals surface area contributed by atoms with Gasteiger partial charge in [0.25, 0.3) is 5.56 Å². The zero-order valence-corrected chi connectivity index (χ0v) is 23.9. The summed E-state index contributed by atoms with van der Waals surface area (Å²) in [6.45, 7) is 2.39. The van der Waals surface area contributed by atoms with E-state index in [0.29, 0.717) is 24.4 Å². The number of hydrogen-bond donors (Lipinski definition) is 5. The number of aryl methyl sites for hydroxylation is 2. The van der Waals surface area contributed by atoms with Crippen LogP contribution in [0.2, 0.25) is 0 Å². The van der Waals surface area contributed by atoms with Gasteiger partial charge in [0.2, 0.25) is 5.91 Å². The Morgan fingerprint density at radius 1 is 1.07 bits per heavy atom. The molecule has 41 heavy (non-hydrogen) atoms. The Balaban J connectivity index is 0.00000231. The summed E-state index contributed by atoms with van der Waals surface area (Å²) in [4.78, 5) is 35.2. The third-order valence-electron chi connectivity index (χ3n) is 7.05. The van der Waals surface area contributed by atoms with E-state index in [2.05, 4.69) is 20.6 Å². The minimum atomic E-state index is -0.647. The van der Waals surface area contributed by atoms with Gasteiger partial charge in [-0.1, -0.05) is 30.3 Å². The van der Waals surface area contributed by atoms with Crippen LogP contribution >= 0.6 is 24.8 Å². The molecule has 0 saturated heterocycles. The molecular formula is C29H32Cl2N6O4. The van der Waals surface area contributed by atoms with Crippen LogP contribution < -0.4 is 21.9 Å². The molecule has 0 fully saturated rings. The number of nitrogens with zero attached hydrogens (tertiary/aromatic N) is 3. The zero-order valence-electron chi connectivity index (χ0n) is 22.3. The molecule has 1 atom stereocenters. The fraction of sp³-hybridized carbons (Fsp3) is 0.241. The first-order chi connectivity index (χ1) is 18.8. The van der Waals surface area contributed by atoms with E-state index in [9.17, 15) is 19.8 Å². The van der Waals surface area contributed by atoms with Gasteiger partial charge in [0.1, 0.15) is 23.4 Å². The number of phenolic OH excluding ortho intramolecular Hbond substituents is 2. The molecule has 0 aliphatic carbocycles. The van der Waals surface area contributed by atoms with Crippen molar-refractivity contribution in [1.29, 1.82) is 0 Å². The number of fused-ring (bicyclic) bond motifs is 1. The van der Waals surface area contributed by atoms with Crippen molar-refractivity contribution in [2.75, 3.05) is 17.6 Å². The number of nitrogens with one attached hydrogen (secondary N) is 2. The summed E-state index contributed by atoms with van der Waals surface area (Å²) in [5.74, 6) is 0.240. The van der Waals surface area contributed by atoms with Crippen molar-refractivity contribution in [3.05, 3.63) is 105 Å². The zero-order chi connectivity index (χ0) is 27.5. The molecule has 1 aliphatic rings. The highest BCUT2D eigenvalue weighted by Crippen LogP contribution is 2.30. The fourth-order valence-corrected chi connectivity index (χ4v) is 5.02. The first kappa shape index (κ1) is 31.3. The quantitative estimate of drug-likeness (QED) is 0.205. The van der Waals surface area contributed by atoms with E-state index < -0.39 is 6.04 Å². The van der Waals surface area contributed by atoms with Crippen LogP contribution in [0.5, 0.6) is 11.5 Å². The summed E-state index contributed by atoms with van der Waals surface area (Å²) in [6, 6.07) is 16.6. The van der Waals surface area contributed by atoms with Gasteiger partial charge in [-0.2, -0.15) is 0 Å². The Morgan fingerprint density at radius 2 is 1.73 bits per heavy atom. The average molecular weight is 600 g/mol. The van der Waals surface area contributed by atoms with E-state index in [4.69, 9.17) is 5.73 Å². The highest BCUT2D eigenvalue weighted by molar-refractivity contribution is 5.85. The minimum absolute atomic E-state index is 0. The summed E-state index contributed by atoms with van der Waals surface area (Å²) < 4.78 is 1.51. The van der Waals surface area contributed by atoms with Crippen LogP contribution in [0.15, 0.2) is 71.7 Å². The molecule has 1 aliphatic heterocycles. The van der Waals surface area contributed by atoms with Gasteiger partial charge in [-0.3, -0.25) is 14.2 Å². The molecule has 0 bridgehead atoms. The van der Waals surface area contributed by atoms with Crippen LogP contribution in [-0.4, -0.2) is 37.2 Å². The van der Waals surface area contributed by atoms with Crippen LogP contribution in [-0.2, 0) is 17.8 Å². The van der Waals surface area contributed by atoms with Crippen molar-refractivity contribution in [3.63, 3.8) is 0 Å². The van der Waals surface area contributed by atoms with Crippen LogP contribution in [0, 0.1) is 6.92 Å². The largest absolute Gasteiger partial charge is 0.508 e. The van der Waals surface area contributed by atoms with E-state index in [-0.39, 0.29) is 72.6 Å². The first-order valence-corrected chi connectivity index (χ1v) is 12.7. The first-order valence-electron chi connectivity index (χ1n) is 12.7. The molecule has 2 aromatic carbocycles. The molecule has 216 valence electrons. The van der Waals surface area contributed by atoms with Gasteiger partial charge in [-0.05, 0) is 66.8 Å². The second-order valence-electron chi connectivity index (χ2n) is 9.65. The monoisotopic (exact) mass is 598 g/mol. The number of pyridine rings is 1. The summed E-state index contributed by atoms with van der Waals surface area (Å²) in [7, 11) is 0. The number of amides is 1. The summed E-state index contributed by atoms with van der Waals surface area (Å²) in [5, 5.41) is 26.2. The lowest BCUT2D eigenvalue weighted by atomic mass is 9.91. The second kappa shape index (κ2) is 13.4.